The first-order valence-corrected chi connectivity index (χ1v) is 9.59. The lowest BCUT2D eigenvalue weighted by Crippen LogP contribution is -2.39. The molecule has 0 aliphatic rings. The van der Waals surface area contributed by atoms with Gasteiger partial charge in [0.05, 0.1) is 10.7 Å². The van der Waals surface area contributed by atoms with E-state index in [9.17, 15) is 12.8 Å². The fraction of sp³-hybridized carbons (Fsp3) is 0.538. The van der Waals surface area contributed by atoms with Crippen LogP contribution in [0.25, 0.3) is 0 Å². The van der Waals surface area contributed by atoms with Crippen LogP contribution < -0.4 is 10.5 Å². The van der Waals surface area contributed by atoms with Crippen LogP contribution in [0.15, 0.2) is 17.0 Å². The summed E-state index contributed by atoms with van der Waals surface area (Å²) in [6.45, 7) is 4.30. The second-order valence-electron chi connectivity index (χ2n) is 4.72. The molecule has 0 radical (unpaired) electrons. The molecule has 0 bridgehead atoms. The Morgan fingerprint density at radius 2 is 1.95 bits per heavy atom. The highest BCUT2D eigenvalue weighted by Crippen LogP contribution is 2.31. The van der Waals surface area contributed by atoms with Crippen molar-refractivity contribution in [2.45, 2.75) is 36.3 Å². The van der Waals surface area contributed by atoms with Gasteiger partial charge in [0.25, 0.3) is 0 Å². The Kier molecular flexibility index (Phi) is 6.34. The van der Waals surface area contributed by atoms with Crippen molar-refractivity contribution in [3.05, 3.63) is 23.0 Å². The van der Waals surface area contributed by atoms with Crippen LogP contribution >= 0.6 is 23.4 Å². The molecule has 4 nitrogen and oxygen atoms in total. The first-order chi connectivity index (χ1) is 9.71. The normalized spacial score (nSPS) is 12.6. The zero-order valence-electron chi connectivity index (χ0n) is 12.2. The van der Waals surface area contributed by atoms with Crippen LogP contribution in [0.4, 0.5) is 10.1 Å². The van der Waals surface area contributed by atoms with E-state index in [0.29, 0.717) is 0 Å². The van der Waals surface area contributed by atoms with Gasteiger partial charge in [-0.05, 0) is 31.2 Å². The highest BCUT2D eigenvalue weighted by molar-refractivity contribution is 8.00. The maximum atomic E-state index is 13.3. The Hall–Kier alpha value is -0.500. The summed E-state index contributed by atoms with van der Waals surface area (Å²) in [6.07, 6.45) is 3.60. The minimum atomic E-state index is -3.84. The van der Waals surface area contributed by atoms with Crippen LogP contribution in [0.2, 0.25) is 5.02 Å². The molecule has 0 atom stereocenters. The van der Waals surface area contributed by atoms with Gasteiger partial charge in [-0.1, -0.05) is 25.4 Å². The topological polar surface area (TPSA) is 72.2 Å². The van der Waals surface area contributed by atoms with Crippen molar-refractivity contribution in [2.75, 3.05) is 18.5 Å². The SMILES string of the molecule is CCC(CC)(CNS(=O)(=O)c1cc(N)c(F)cc1Cl)SC. The molecule has 21 heavy (non-hydrogen) atoms. The van der Waals surface area contributed by atoms with Crippen LogP contribution in [0.1, 0.15) is 26.7 Å². The van der Waals surface area contributed by atoms with Crippen LogP contribution in [0, 0.1) is 5.82 Å². The number of anilines is 1. The van der Waals surface area contributed by atoms with E-state index >= 15 is 0 Å². The number of nitrogens with one attached hydrogen (secondary N) is 1. The van der Waals surface area contributed by atoms with Crippen LogP contribution in [-0.2, 0) is 10.0 Å². The van der Waals surface area contributed by atoms with Crippen LogP contribution in [0.3, 0.4) is 0 Å². The first kappa shape index (κ1) is 18.5. The quantitative estimate of drug-likeness (QED) is 0.737. The van der Waals surface area contributed by atoms with Gasteiger partial charge in [0.15, 0.2) is 0 Å². The van der Waals surface area contributed by atoms with E-state index in [-0.39, 0.29) is 26.9 Å². The van der Waals surface area contributed by atoms with E-state index in [1.165, 1.54) is 0 Å². The summed E-state index contributed by atoms with van der Waals surface area (Å²) in [6, 6.07) is 1.95. The standard InChI is InChI=1S/C13H20ClFN2O2S2/c1-4-13(5-2,20-3)8-17-21(18,19)12-7-11(16)10(15)6-9(12)14/h6-7,17H,4-5,8,16H2,1-3H3. The van der Waals surface area contributed by atoms with Crippen molar-refractivity contribution < 1.29 is 12.8 Å². The van der Waals surface area contributed by atoms with Gasteiger partial charge in [0, 0.05) is 11.3 Å². The van der Waals surface area contributed by atoms with E-state index in [2.05, 4.69) is 4.72 Å². The van der Waals surface area contributed by atoms with Crippen molar-refractivity contribution in [1.82, 2.24) is 4.72 Å². The molecule has 0 aliphatic carbocycles. The van der Waals surface area contributed by atoms with Gasteiger partial charge in [0.1, 0.15) is 10.7 Å². The largest absolute Gasteiger partial charge is 0.396 e. The Labute approximate surface area is 134 Å². The lowest BCUT2D eigenvalue weighted by Gasteiger charge is -2.29. The molecule has 0 aliphatic heterocycles. The number of thioether (sulfide) groups is 1. The molecule has 1 aromatic carbocycles. The molecule has 0 amide bonds. The summed E-state index contributed by atoms with van der Waals surface area (Å²) in [5, 5.41) is -0.183. The number of hydrogen-bond donors (Lipinski definition) is 2. The number of benzene rings is 1. The summed E-state index contributed by atoms with van der Waals surface area (Å²) >= 11 is 7.44. The molecular weight excluding hydrogens is 335 g/mol. The van der Waals surface area contributed by atoms with Gasteiger partial charge in [0.2, 0.25) is 10.0 Å². The number of sulfonamides is 1. The third-order valence-electron chi connectivity index (χ3n) is 3.65. The molecule has 1 rings (SSSR count). The van der Waals surface area contributed by atoms with Crippen LogP contribution in [0.5, 0.6) is 0 Å². The molecule has 0 heterocycles. The predicted molar refractivity (Wildman–Crippen MR) is 87.8 cm³/mol. The summed E-state index contributed by atoms with van der Waals surface area (Å²) in [4.78, 5) is -0.203. The Bertz CT molecular complexity index is 596. The molecule has 0 spiro atoms. The lowest BCUT2D eigenvalue weighted by atomic mass is 10.0. The highest BCUT2D eigenvalue weighted by Gasteiger charge is 2.28. The van der Waals surface area contributed by atoms with E-state index in [1.807, 2.05) is 20.1 Å². The van der Waals surface area contributed by atoms with E-state index in [4.69, 9.17) is 17.3 Å². The maximum Gasteiger partial charge on any atom is 0.242 e. The van der Waals surface area contributed by atoms with Crippen molar-refractivity contribution in [1.29, 1.82) is 0 Å². The molecule has 0 saturated carbocycles. The number of rotatable bonds is 7. The average molecular weight is 355 g/mol. The van der Waals surface area contributed by atoms with Gasteiger partial charge < -0.3 is 5.73 Å². The summed E-state index contributed by atoms with van der Waals surface area (Å²) in [7, 11) is -3.84. The zero-order valence-corrected chi connectivity index (χ0v) is 14.6. The first-order valence-electron chi connectivity index (χ1n) is 6.50. The van der Waals surface area contributed by atoms with Crippen molar-refractivity contribution >= 4 is 39.1 Å². The van der Waals surface area contributed by atoms with E-state index < -0.39 is 15.8 Å². The number of nitrogen functional groups attached to an aromatic ring is 1. The molecule has 120 valence electrons. The summed E-state index contributed by atoms with van der Waals surface area (Å²) in [5.74, 6) is -0.737. The molecule has 0 unspecified atom stereocenters. The predicted octanol–water partition coefficient (Wildman–Crippen LogP) is 3.26. The second kappa shape index (κ2) is 7.17. The monoisotopic (exact) mass is 354 g/mol. The molecule has 8 heteroatoms. The lowest BCUT2D eigenvalue weighted by molar-refractivity contribution is 0.522. The molecule has 0 aromatic heterocycles. The van der Waals surface area contributed by atoms with Gasteiger partial charge >= 0.3 is 0 Å². The molecule has 3 N–H and O–H groups in total. The van der Waals surface area contributed by atoms with Gasteiger partial charge in [-0.25, -0.2) is 17.5 Å². The van der Waals surface area contributed by atoms with E-state index in [1.54, 1.807) is 11.8 Å². The fourth-order valence-corrected chi connectivity index (χ4v) is 4.48. The maximum absolute atomic E-state index is 13.3. The van der Waals surface area contributed by atoms with E-state index in [0.717, 1.165) is 25.0 Å². The number of hydrogen-bond acceptors (Lipinski definition) is 4. The smallest absolute Gasteiger partial charge is 0.242 e. The van der Waals surface area contributed by atoms with Gasteiger partial charge in [-0.2, -0.15) is 11.8 Å². The van der Waals surface area contributed by atoms with Crippen molar-refractivity contribution in [3.8, 4) is 0 Å². The Morgan fingerprint density at radius 3 is 2.43 bits per heavy atom. The van der Waals surface area contributed by atoms with Crippen molar-refractivity contribution in [3.63, 3.8) is 0 Å². The highest BCUT2D eigenvalue weighted by atomic mass is 35.5. The van der Waals surface area contributed by atoms with Gasteiger partial charge in [-0.15, -0.1) is 0 Å². The third kappa shape index (κ3) is 4.25. The summed E-state index contributed by atoms with van der Waals surface area (Å²) < 4.78 is 40.3. The van der Waals surface area contributed by atoms with Crippen LogP contribution in [-0.4, -0.2) is 26.0 Å². The summed E-state index contributed by atoms with van der Waals surface area (Å²) in [5.41, 5.74) is 5.17. The molecule has 0 fully saturated rings. The third-order valence-corrected chi connectivity index (χ3v) is 7.10. The number of nitrogens with two attached hydrogens (primary N) is 1. The molecular formula is C13H20ClFN2O2S2. The van der Waals surface area contributed by atoms with Gasteiger partial charge in [-0.3, -0.25) is 0 Å². The Balaban J connectivity index is 3.05. The molecule has 1 aromatic rings. The minimum Gasteiger partial charge on any atom is -0.396 e. The van der Waals surface area contributed by atoms with Crippen molar-refractivity contribution in [2.24, 2.45) is 0 Å². The Morgan fingerprint density at radius 1 is 1.38 bits per heavy atom. The fourth-order valence-electron chi connectivity index (χ4n) is 1.92. The second-order valence-corrected chi connectivity index (χ2v) is 8.14. The molecule has 0 saturated heterocycles. The minimum absolute atomic E-state index is 0.175. The zero-order chi connectivity index (χ0) is 16.3. The number of halogens is 2. The average Bonchev–Trinajstić information content (AvgIpc) is 2.45.